The summed E-state index contributed by atoms with van der Waals surface area (Å²) >= 11 is 0. The number of hydrogen-bond acceptors (Lipinski definition) is 3. The second-order valence-corrected chi connectivity index (χ2v) is 4.17. The molecule has 0 aromatic carbocycles. The van der Waals surface area contributed by atoms with Crippen molar-refractivity contribution in [1.82, 2.24) is 4.90 Å². The van der Waals surface area contributed by atoms with E-state index in [-0.39, 0.29) is 13.0 Å². The van der Waals surface area contributed by atoms with Crippen LogP contribution in [0.15, 0.2) is 0 Å². The summed E-state index contributed by atoms with van der Waals surface area (Å²) in [5, 5.41) is 8.65. The van der Waals surface area contributed by atoms with E-state index >= 15 is 0 Å². The third-order valence-corrected chi connectivity index (χ3v) is 2.15. The first-order valence-electron chi connectivity index (χ1n) is 5.19. The van der Waals surface area contributed by atoms with Crippen molar-refractivity contribution in [2.45, 2.75) is 38.4 Å². The first-order valence-corrected chi connectivity index (χ1v) is 5.19. The zero-order chi connectivity index (χ0) is 12.8. The molecule has 0 saturated heterocycles. The summed E-state index contributed by atoms with van der Waals surface area (Å²) in [7, 11) is 0. The van der Waals surface area contributed by atoms with Gasteiger partial charge in [0.2, 0.25) is 0 Å². The number of hydrogen-bond donors (Lipinski definition) is 1. The van der Waals surface area contributed by atoms with Crippen LogP contribution in [0.1, 0.15) is 26.7 Å². The van der Waals surface area contributed by atoms with Gasteiger partial charge < -0.3 is 5.73 Å². The van der Waals surface area contributed by atoms with Gasteiger partial charge in [0.1, 0.15) is 5.54 Å². The van der Waals surface area contributed by atoms with E-state index in [0.717, 1.165) is 0 Å². The Labute approximate surface area is 94.0 Å². The fourth-order valence-electron chi connectivity index (χ4n) is 1.29. The second-order valence-electron chi connectivity index (χ2n) is 4.17. The molecule has 0 heterocycles. The maximum atomic E-state index is 12.2. The number of nitriles is 1. The van der Waals surface area contributed by atoms with Gasteiger partial charge in [-0.05, 0) is 26.3 Å². The van der Waals surface area contributed by atoms with Crippen molar-refractivity contribution in [2.24, 2.45) is 5.73 Å². The summed E-state index contributed by atoms with van der Waals surface area (Å²) in [6, 6.07) is 1.87. The highest BCUT2D eigenvalue weighted by atomic mass is 19.4. The molecule has 1 atom stereocenters. The van der Waals surface area contributed by atoms with Gasteiger partial charge in [-0.1, -0.05) is 6.92 Å². The van der Waals surface area contributed by atoms with Gasteiger partial charge in [0.15, 0.2) is 0 Å². The second kappa shape index (κ2) is 6.06. The molecule has 0 bridgehead atoms. The van der Waals surface area contributed by atoms with Crippen LogP contribution in [0.2, 0.25) is 0 Å². The maximum Gasteiger partial charge on any atom is 0.401 e. The molecule has 16 heavy (non-hydrogen) atoms. The van der Waals surface area contributed by atoms with Crippen LogP contribution in [0.3, 0.4) is 0 Å². The Kier molecular flexibility index (Phi) is 5.76. The predicted octanol–water partition coefficient (Wildman–Crippen LogP) is 1.89. The Bertz CT molecular complexity index is 243. The lowest BCUT2D eigenvalue weighted by molar-refractivity contribution is -0.146. The lowest BCUT2D eigenvalue weighted by Gasteiger charge is -2.25. The van der Waals surface area contributed by atoms with E-state index in [1.54, 1.807) is 0 Å². The van der Waals surface area contributed by atoms with Crippen LogP contribution in [0.25, 0.3) is 0 Å². The summed E-state index contributed by atoms with van der Waals surface area (Å²) in [5.74, 6) is 0. The largest absolute Gasteiger partial charge is 0.401 e. The van der Waals surface area contributed by atoms with Crippen molar-refractivity contribution < 1.29 is 13.2 Å². The molecule has 0 fully saturated rings. The molecular formula is C10H18F3N3. The van der Waals surface area contributed by atoms with Gasteiger partial charge in [-0.25, -0.2) is 0 Å². The van der Waals surface area contributed by atoms with Crippen LogP contribution in [0.5, 0.6) is 0 Å². The zero-order valence-corrected chi connectivity index (χ0v) is 9.64. The highest BCUT2D eigenvalue weighted by Crippen LogP contribution is 2.17. The Balaban J connectivity index is 4.20. The van der Waals surface area contributed by atoms with Gasteiger partial charge in [-0.3, -0.25) is 4.90 Å². The van der Waals surface area contributed by atoms with Crippen LogP contribution >= 0.6 is 0 Å². The predicted molar refractivity (Wildman–Crippen MR) is 55.6 cm³/mol. The van der Waals surface area contributed by atoms with E-state index in [2.05, 4.69) is 0 Å². The number of nitrogens with zero attached hydrogens (tertiary/aromatic N) is 2. The van der Waals surface area contributed by atoms with E-state index in [1.165, 1.54) is 11.8 Å². The molecule has 0 spiro atoms. The molecule has 3 nitrogen and oxygen atoms in total. The summed E-state index contributed by atoms with van der Waals surface area (Å²) in [6.45, 7) is 2.94. The highest BCUT2D eigenvalue weighted by molar-refractivity contribution is 5.01. The van der Waals surface area contributed by atoms with Gasteiger partial charge in [-0.15, -0.1) is 0 Å². The van der Waals surface area contributed by atoms with Gasteiger partial charge in [0.25, 0.3) is 0 Å². The van der Waals surface area contributed by atoms with Crippen LogP contribution in [-0.4, -0.2) is 36.2 Å². The molecule has 94 valence electrons. The maximum absolute atomic E-state index is 12.2. The van der Waals surface area contributed by atoms with Crippen molar-refractivity contribution in [3.8, 4) is 6.07 Å². The Hall–Kier alpha value is -0.800. The van der Waals surface area contributed by atoms with E-state index in [4.69, 9.17) is 11.0 Å². The summed E-state index contributed by atoms with van der Waals surface area (Å²) in [4.78, 5) is 1.28. The molecule has 2 N–H and O–H groups in total. The van der Waals surface area contributed by atoms with Crippen molar-refractivity contribution in [1.29, 1.82) is 5.26 Å². The van der Waals surface area contributed by atoms with Crippen molar-refractivity contribution in [2.75, 3.05) is 19.6 Å². The minimum absolute atomic E-state index is 0.188. The van der Waals surface area contributed by atoms with E-state index in [1.807, 2.05) is 13.0 Å². The van der Waals surface area contributed by atoms with Gasteiger partial charge in [-0.2, -0.15) is 18.4 Å². The molecule has 0 aromatic heterocycles. The molecule has 0 rings (SSSR count). The molecule has 0 aliphatic carbocycles. The number of nitrogens with two attached hydrogens (primary N) is 1. The fourth-order valence-corrected chi connectivity index (χ4v) is 1.29. The first kappa shape index (κ1) is 15.2. The topological polar surface area (TPSA) is 53.0 Å². The summed E-state index contributed by atoms with van der Waals surface area (Å²) < 4.78 is 36.6. The molecule has 6 heteroatoms. The SMILES string of the molecule is CCCN(CCC(C)(N)C#N)CC(F)(F)F. The highest BCUT2D eigenvalue weighted by Gasteiger charge is 2.31. The molecular weight excluding hydrogens is 219 g/mol. The van der Waals surface area contributed by atoms with Crippen molar-refractivity contribution in [3.05, 3.63) is 0 Å². The molecule has 0 amide bonds. The van der Waals surface area contributed by atoms with Gasteiger partial charge in [0, 0.05) is 6.54 Å². The zero-order valence-electron chi connectivity index (χ0n) is 9.64. The average Bonchev–Trinajstić information content (AvgIpc) is 2.13. The van der Waals surface area contributed by atoms with Crippen molar-refractivity contribution in [3.63, 3.8) is 0 Å². The third-order valence-electron chi connectivity index (χ3n) is 2.15. The normalized spacial score (nSPS) is 15.9. The number of alkyl halides is 3. The lowest BCUT2D eigenvalue weighted by Crippen LogP contribution is -2.42. The average molecular weight is 237 g/mol. The third kappa shape index (κ3) is 7.49. The standard InChI is InChI=1S/C10H18F3N3/c1-3-5-16(8-10(11,12)13)6-4-9(2,15)7-14/h3-6,8,15H2,1-2H3. The molecule has 0 aliphatic heterocycles. The Morgan fingerprint density at radius 1 is 1.31 bits per heavy atom. The molecule has 0 aliphatic rings. The van der Waals surface area contributed by atoms with Crippen LogP contribution in [0.4, 0.5) is 13.2 Å². The smallest absolute Gasteiger partial charge is 0.314 e. The van der Waals surface area contributed by atoms with E-state index in [0.29, 0.717) is 13.0 Å². The van der Waals surface area contributed by atoms with E-state index < -0.39 is 18.3 Å². The quantitative estimate of drug-likeness (QED) is 0.767. The number of rotatable bonds is 6. The van der Waals surface area contributed by atoms with E-state index in [9.17, 15) is 13.2 Å². The van der Waals surface area contributed by atoms with Gasteiger partial charge >= 0.3 is 6.18 Å². The monoisotopic (exact) mass is 237 g/mol. The van der Waals surface area contributed by atoms with Crippen LogP contribution < -0.4 is 5.73 Å². The van der Waals surface area contributed by atoms with Crippen molar-refractivity contribution >= 4 is 0 Å². The first-order chi connectivity index (χ1) is 7.20. The van der Waals surface area contributed by atoms with Crippen LogP contribution in [-0.2, 0) is 0 Å². The Morgan fingerprint density at radius 3 is 2.25 bits per heavy atom. The molecule has 0 aromatic rings. The lowest BCUT2D eigenvalue weighted by atomic mass is 10.0. The summed E-state index contributed by atoms with van der Waals surface area (Å²) in [5.41, 5.74) is 4.50. The number of halogens is 3. The van der Waals surface area contributed by atoms with Gasteiger partial charge in [0.05, 0.1) is 12.6 Å². The molecule has 0 radical (unpaired) electrons. The Morgan fingerprint density at radius 2 is 1.88 bits per heavy atom. The molecule has 1 unspecified atom stereocenters. The summed E-state index contributed by atoms with van der Waals surface area (Å²) in [6.07, 6.45) is -3.32. The minimum atomic E-state index is -4.20. The minimum Gasteiger partial charge on any atom is -0.314 e. The fraction of sp³-hybridized carbons (Fsp3) is 0.900. The molecule has 0 saturated carbocycles. The van der Waals surface area contributed by atoms with Crippen LogP contribution in [0, 0.1) is 11.3 Å².